The molecule has 0 radical (unpaired) electrons. The topological polar surface area (TPSA) is 52.8 Å². The molecule has 1 aromatic carbocycles. The molecule has 0 aliphatic carbocycles. The largest absolute Gasteiger partial charge is 0.345 e. The van der Waals surface area contributed by atoms with Crippen molar-refractivity contribution in [3.05, 3.63) is 41.0 Å². The van der Waals surface area contributed by atoms with Gasteiger partial charge in [0.25, 0.3) is 0 Å². The van der Waals surface area contributed by atoms with E-state index in [1.54, 1.807) is 4.90 Å². The SMILES string of the molecule is Cc1cc(C)c(-c2ccc(N(C)CC#N)nn2)c(C)c1. The fourth-order valence-corrected chi connectivity index (χ4v) is 2.43. The highest BCUT2D eigenvalue weighted by atomic mass is 15.2. The number of nitrogens with zero attached hydrogens (tertiary/aromatic N) is 4. The van der Waals surface area contributed by atoms with Gasteiger partial charge in [0, 0.05) is 12.6 Å². The highest BCUT2D eigenvalue weighted by Crippen LogP contribution is 2.27. The minimum absolute atomic E-state index is 0.302. The lowest BCUT2D eigenvalue weighted by molar-refractivity contribution is 0.933. The first-order chi connectivity index (χ1) is 9.52. The van der Waals surface area contributed by atoms with E-state index < -0.39 is 0 Å². The van der Waals surface area contributed by atoms with E-state index in [1.165, 1.54) is 16.7 Å². The predicted octanol–water partition coefficient (Wildman–Crippen LogP) is 3.03. The van der Waals surface area contributed by atoms with E-state index in [9.17, 15) is 0 Å². The van der Waals surface area contributed by atoms with Crippen molar-refractivity contribution in [1.29, 1.82) is 5.26 Å². The van der Waals surface area contributed by atoms with Crippen LogP contribution in [0, 0.1) is 32.1 Å². The van der Waals surface area contributed by atoms with Crippen LogP contribution in [0.5, 0.6) is 0 Å². The molecule has 0 unspecified atom stereocenters. The molecule has 0 spiro atoms. The van der Waals surface area contributed by atoms with Gasteiger partial charge in [0.05, 0.1) is 11.8 Å². The van der Waals surface area contributed by atoms with Crippen molar-refractivity contribution in [1.82, 2.24) is 10.2 Å². The second-order valence-corrected chi connectivity index (χ2v) is 5.06. The fourth-order valence-electron chi connectivity index (χ4n) is 2.43. The lowest BCUT2D eigenvalue weighted by atomic mass is 9.97. The van der Waals surface area contributed by atoms with E-state index in [1.807, 2.05) is 19.2 Å². The number of benzene rings is 1. The van der Waals surface area contributed by atoms with Gasteiger partial charge in [-0.2, -0.15) is 5.26 Å². The first-order valence-corrected chi connectivity index (χ1v) is 6.53. The molecule has 102 valence electrons. The van der Waals surface area contributed by atoms with Crippen LogP contribution in [-0.4, -0.2) is 23.8 Å². The van der Waals surface area contributed by atoms with Gasteiger partial charge in [-0.15, -0.1) is 10.2 Å². The zero-order valence-corrected chi connectivity index (χ0v) is 12.3. The van der Waals surface area contributed by atoms with E-state index in [2.05, 4.69) is 49.2 Å². The summed E-state index contributed by atoms with van der Waals surface area (Å²) in [5.74, 6) is 0.706. The third kappa shape index (κ3) is 2.77. The summed E-state index contributed by atoms with van der Waals surface area (Å²) in [6.45, 7) is 6.57. The minimum Gasteiger partial charge on any atom is -0.345 e. The maximum atomic E-state index is 8.69. The summed E-state index contributed by atoms with van der Waals surface area (Å²) in [7, 11) is 1.83. The number of anilines is 1. The normalized spacial score (nSPS) is 10.2. The first-order valence-electron chi connectivity index (χ1n) is 6.53. The number of hydrogen-bond donors (Lipinski definition) is 0. The molecule has 0 saturated heterocycles. The molecule has 20 heavy (non-hydrogen) atoms. The lowest BCUT2D eigenvalue weighted by Crippen LogP contribution is -2.18. The minimum atomic E-state index is 0.302. The van der Waals surface area contributed by atoms with Gasteiger partial charge in [-0.25, -0.2) is 0 Å². The molecule has 0 fully saturated rings. The van der Waals surface area contributed by atoms with E-state index in [0.29, 0.717) is 12.4 Å². The Bertz CT molecular complexity index is 630. The molecular formula is C16H18N4. The Balaban J connectivity index is 2.38. The van der Waals surface area contributed by atoms with Crippen LogP contribution in [0.2, 0.25) is 0 Å². The van der Waals surface area contributed by atoms with Gasteiger partial charge in [0.15, 0.2) is 5.82 Å². The number of rotatable bonds is 3. The molecule has 0 saturated carbocycles. The summed E-state index contributed by atoms with van der Waals surface area (Å²) in [6, 6.07) is 10.3. The maximum Gasteiger partial charge on any atom is 0.151 e. The van der Waals surface area contributed by atoms with E-state index in [4.69, 9.17) is 5.26 Å². The maximum absolute atomic E-state index is 8.69. The van der Waals surface area contributed by atoms with E-state index in [0.717, 1.165) is 11.3 Å². The van der Waals surface area contributed by atoms with Crippen LogP contribution in [0.3, 0.4) is 0 Å². The van der Waals surface area contributed by atoms with Crippen LogP contribution in [0.1, 0.15) is 16.7 Å². The summed E-state index contributed by atoms with van der Waals surface area (Å²) >= 11 is 0. The van der Waals surface area contributed by atoms with Gasteiger partial charge in [0.2, 0.25) is 0 Å². The summed E-state index contributed by atoms with van der Waals surface area (Å²) < 4.78 is 0. The Morgan fingerprint density at radius 3 is 2.25 bits per heavy atom. The Hall–Kier alpha value is -2.41. The number of aryl methyl sites for hydroxylation is 3. The molecule has 2 rings (SSSR count). The monoisotopic (exact) mass is 266 g/mol. The van der Waals surface area contributed by atoms with Crippen molar-refractivity contribution in [2.75, 3.05) is 18.5 Å². The zero-order valence-electron chi connectivity index (χ0n) is 12.3. The zero-order chi connectivity index (χ0) is 14.7. The van der Waals surface area contributed by atoms with Crippen LogP contribution < -0.4 is 4.90 Å². The van der Waals surface area contributed by atoms with Crippen LogP contribution in [0.4, 0.5) is 5.82 Å². The molecule has 2 aromatic rings. The van der Waals surface area contributed by atoms with Crippen molar-refractivity contribution in [3.63, 3.8) is 0 Å². The third-order valence-electron chi connectivity index (χ3n) is 3.28. The quantitative estimate of drug-likeness (QED) is 0.801. The Labute approximate surface area is 119 Å². The average Bonchev–Trinajstić information content (AvgIpc) is 2.38. The standard InChI is InChI=1S/C16H18N4/c1-11-9-12(2)16(13(3)10-11)14-5-6-15(19-18-14)20(4)8-7-17/h5-6,9-10H,8H2,1-4H3. The number of hydrogen-bond acceptors (Lipinski definition) is 4. The van der Waals surface area contributed by atoms with Crippen molar-refractivity contribution in [2.45, 2.75) is 20.8 Å². The third-order valence-corrected chi connectivity index (χ3v) is 3.28. The summed E-state index contributed by atoms with van der Waals surface area (Å²) in [5, 5.41) is 17.2. The van der Waals surface area contributed by atoms with Crippen molar-refractivity contribution < 1.29 is 0 Å². The lowest BCUT2D eigenvalue weighted by Gasteiger charge is -2.14. The smallest absolute Gasteiger partial charge is 0.151 e. The van der Waals surface area contributed by atoms with Crippen LogP contribution in [-0.2, 0) is 0 Å². The Morgan fingerprint density at radius 1 is 1.10 bits per heavy atom. The number of nitriles is 1. The highest BCUT2D eigenvalue weighted by Gasteiger charge is 2.09. The number of aromatic nitrogens is 2. The second-order valence-electron chi connectivity index (χ2n) is 5.06. The molecule has 0 atom stereocenters. The molecule has 0 aliphatic heterocycles. The Morgan fingerprint density at radius 2 is 1.75 bits per heavy atom. The van der Waals surface area contributed by atoms with Crippen molar-refractivity contribution >= 4 is 5.82 Å². The second kappa shape index (κ2) is 5.70. The Kier molecular flexibility index (Phi) is 3.99. The van der Waals surface area contributed by atoms with Gasteiger partial charge < -0.3 is 4.90 Å². The van der Waals surface area contributed by atoms with Gasteiger partial charge in [-0.05, 0) is 44.0 Å². The summed E-state index contributed by atoms with van der Waals surface area (Å²) in [5.41, 5.74) is 5.67. The average molecular weight is 266 g/mol. The molecular weight excluding hydrogens is 248 g/mol. The molecule has 0 bridgehead atoms. The van der Waals surface area contributed by atoms with E-state index in [-0.39, 0.29) is 0 Å². The van der Waals surface area contributed by atoms with Gasteiger partial charge in [-0.1, -0.05) is 17.7 Å². The molecule has 0 amide bonds. The van der Waals surface area contributed by atoms with Gasteiger partial charge in [-0.3, -0.25) is 0 Å². The first kappa shape index (κ1) is 14.0. The predicted molar refractivity (Wildman–Crippen MR) is 80.6 cm³/mol. The molecule has 1 aromatic heterocycles. The summed E-state index contributed by atoms with van der Waals surface area (Å²) in [4.78, 5) is 1.77. The van der Waals surface area contributed by atoms with E-state index >= 15 is 0 Å². The van der Waals surface area contributed by atoms with Gasteiger partial charge in [0.1, 0.15) is 6.54 Å². The molecule has 4 heteroatoms. The van der Waals surface area contributed by atoms with Gasteiger partial charge >= 0.3 is 0 Å². The van der Waals surface area contributed by atoms with Crippen LogP contribution in [0.25, 0.3) is 11.3 Å². The van der Waals surface area contributed by atoms with Crippen molar-refractivity contribution in [3.8, 4) is 17.3 Å². The highest BCUT2D eigenvalue weighted by molar-refractivity contribution is 5.68. The van der Waals surface area contributed by atoms with Crippen molar-refractivity contribution in [2.24, 2.45) is 0 Å². The van der Waals surface area contributed by atoms with Crippen LogP contribution >= 0.6 is 0 Å². The molecule has 1 heterocycles. The molecule has 0 aliphatic rings. The fraction of sp³-hybridized carbons (Fsp3) is 0.312. The summed E-state index contributed by atoms with van der Waals surface area (Å²) in [6.07, 6.45) is 0. The molecule has 0 N–H and O–H groups in total. The van der Waals surface area contributed by atoms with Crippen LogP contribution in [0.15, 0.2) is 24.3 Å². The molecule has 4 nitrogen and oxygen atoms in total.